The predicted octanol–water partition coefficient (Wildman–Crippen LogP) is 8.99. The number of ether oxygens (including phenoxy) is 3. The Balaban J connectivity index is 0.00000480. The SMILES string of the molecule is CCCN(CC)C1CC(CC)N(C(=O)Oc2c(OC)cc(-c3nc(-c4ccccc4)c(-c4cccs4)[nH]3)cc2OC)C(CC)C1.[HH]. The van der Waals surface area contributed by atoms with Gasteiger partial charge >= 0.3 is 6.09 Å². The molecular weight excluding hydrogens is 584 g/mol. The number of amides is 1. The molecule has 242 valence electrons. The second kappa shape index (κ2) is 15.0. The molecule has 2 unspecified atom stereocenters. The topological polar surface area (TPSA) is 79.9 Å². The highest BCUT2D eigenvalue weighted by Crippen LogP contribution is 2.43. The van der Waals surface area contributed by atoms with Gasteiger partial charge in [-0.05, 0) is 68.8 Å². The van der Waals surface area contributed by atoms with Crippen LogP contribution < -0.4 is 14.2 Å². The minimum Gasteiger partial charge on any atom is -0.493 e. The third-order valence-electron chi connectivity index (χ3n) is 8.90. The van der Waals surface area contributed by atoms with Gasteiger partial charge in [0.15, 0.2) is 11.5 Å². The first-order valence-corrected chi connectivity index (χ1v) is 17.0. The third kappa shape index (κ3) is 6.89. The zero-order valence-corrected chi connectivity index (χ0v) is 28.2. The maximum atomic E-state index is 14.0. The molecule has 1 saturated heterocycles. The summed E-state index contributed by atoms with van der Waals surface area (Å²) >= 11 is 1.66. The van der Waals surface area contributed by atoms with Crippen molar-refractivity contribution in [2.24, 2.45) is 0 Å². The Morgan fingerprint density at radius 3 is 2.18 bits per heavy atom. The van der Waals surface area contributed by atoms with Crippen LogP contribution in [-0.2, 0) is 0 Å². The van der Waals surface area contributed by atoms with E-state index in [1.807, 2.05) is 41.3 Å². The van der Waals surface area contributed by atoms with E-state index < -0.39 is 0 Å². The Morgan fingerprint density at radius 2 is 1.64 bits per heavy atom. The highest BCUT2D eigenvalue weighted by molar-refractivity contribution is 7.13. The number of nitrogens with one attached hydrogen (secondary N) is 1. The first-order chi connectivity index (χ1) is 22.0. The fraction of sp³-hybridized carbons (Fsp3) is 0.444. The second-order valence-electron chi connectivity index (χ2n) is 11.5. The molecular formula is C36H48N4O4S. The number of H-pyrrole nitrogens is 1. The van der Waals surface area contributed by atoms with Crippen molar-refractivity contribution in [2.45, 2.75) is 77.9 Å². The van der Waals surface area contributed by atoms with Crippen molar-refractivity contribution in [1.82, 2.24) is 19.8 Å². The minimum atomic E-state index is -0.362. The van der Waals surface area contributed by atoms with Gasteiger partial charge in [0.2, 0.25) is 5.75 Å². The predicted molar refractivity (Wildman–Crippen MR) is 185 cm³/mol. The lowest BCUT2D eigenvalue weighted by atomic mass is 9.88. The second-order valence-corrected chi connectivity index (χ2v) is 12.5. The van der Waals surface area contributed by atoms with Crippen molar-refractivity contribution in [3.05, 3.63) is 60.0 Å². The van der Waals surface area contributed by atoms with Gasteiger partial charge in [0.1, 0.15) is 5.82 Å². The molecule has 4 aromatic rings. The molecule has 8 nitrogen and oxygen atoms in total. The van der Waals surface area contributed by atoms with Gasteiger partial charge in [-0.3, -0.25) is 0 Å². The smallest absolute Gasteiger partial charge is 0.416 e. The van der Waals surface area contributed by atoms with Crippen LogP contribution in [0.5, 0.6) is 17.2 Å². The molecule has 2 atom stereocenters. The molecule has 0 spiro atoms. The van der Waals surface area contributed by atoms with Crippen LogP contribution in [0.15, 0.2) is 60.0 Å². The van der Waals surface area contributed by atoms with E-state index in [0.29, 0.717) is 23.4 Å². The van der Waals surface area contributed by atoms with Crippen molar-refractivity contribution in [3.63, 3.8) is 0 Å². The van der Waals surface area contributed by atoms with E-state index in [0.717, 1.165) is 72.6 Å². The molecule has 1 amide bonds. The number of hydrogen-bond donors (Lipinski definition) is 1. The van der Waals surface area contributed by atoms with E-state index in [9.17, 15) is 4.79 Å². The van der Waals surface area contributed by atoms with Gasteiger partial charge < -0.3 is 29.0 Å². The maximum absolute atomic E-state index is 14.0. The first-order valence-electron chi connectivity index (χ1n) is 16.2. The highest BCUT2D eigenvalue weighted by atomic mass is 32.1. The number of carbonyl (C=O) groups excluding carboxylic acids is 1. The van der Waals surface area contributed by atoms with E-state index >= 15 is 0 Å². The number of hydrogen-bond acceptors (Lipinski definition) is 7. The summed E-state index contributed by atoms with van der Waals surface area (Å²) in [5.74, 6) is 1.75. The van der Waals surface area contributed by atoms with Crippen molar-refractivity contribution in [1.29, 1.82) is 0 Å². The molecule has 1 aliphatic heterocycles. The molecule has 9 heteroatoms. The molecule has 2 aromatic heterocycles. The highest BCUT2D eigenvalue weighted by Gasteiger charge is 2.40. The number of aromatic nitrogens is 2. The van der Waals surface area contributed by atoms with Gasteiger partial charge in [-0.25, -0.2) is 9.78 Å². The minimum absolute atomic E-state index is 0. The summed E-state index contributed by atoms with van der Waals surface area (Å²) < 4.78 is 17.8. The Kier molecular flexibility index (Phi) is 10.8. The van der Waals surface area contributed by atoms with Crippen LogP contribution in [0.25, 0.3) is 33.2 Å². The van der Waals surface area contributed by atoms with Crippen molar-refractivity contribution in [3.8, 4) is 50.5 Å². The largest absolute Gasteiger partial charge is 0.493 e. The fourth-order valence-electron chi connectivity index (χ4n) is 6.63. The number of imidazole rings is 1. The molecule has 0 bridgehead atoms. The Hall–Kier alpha value is -3.82. The normalized spacial score (nSPS) is 18.3. The lowest BCUT2D eigenvalue weighted by Gasteiger charge is -2.47. The zero-order chi connectivity index (χ0) is 31.9. The zero-order valence-electron chi connectivity index (χ0n) is 27.3. The summed E-state index contributed by atoms with van der Waals surface area (Å²) in [6.07, 6.45) is 4.39. The number of piperidine rings is 1. The summed E-state index contributed by atoms with van der Waals surface area (Å²) in [5, 5.41) is 2.06. The van der Waals surface area contributed by atoms with Gasteiger partial charge in [-0.1, -0.05) is 64.1 Å². The van der Waals surface area contributed by atoms with Crippen molar-refractivity contribution >= 4 is 17.4 Å². The number of nitrogens with zero attached hydrogens (tertiary/aromatic N) is 3. The average molecular weight is 633 g/mol. The number of carbonyl (C=O) groups is 1. The molecule has 0 radical (unpaired) electrons. The molecule has 0 aliphatic carbocycles. The van der Waals surface area contributed by atoms with Gasteiger partial charge in [-0.15, -0.1) is 11.3 Å². The summed E-state index contributed by atoms with van der Waals surface area (Å²) in [6.45, 7) is 10.9. The van der Waals surface area contributed by atoms with Crippen molar-refractivity contribution in [2.75, 3.05) is 27.3 Å². The number of thiophene rings is 1. The van der Waals surface area contributed by atoms with E-state index in [1.54, 1.807) is 25.6 Å². The summed E-state index contributed by atoms with van der Waals surface area (Å²) in [5.41, 5.74) is 3.59. The molecule has 0 saturated carbocycles. The lowest BCUT2D eigenvalue weighted by Crippen LogP contribution is -2.57. The molecule has 1 aliphatic rings. The van der Waals surface area contributed by atoms with Gasteiger partial charge in [-0.2, -0.15) is 0 Å². The monoisotopic (exact) mass is 632 g/mol. The maximum Gasteiger partial charge on any atom is 0.416 e. The van der Waals surface area contributed by atoms with Crippen LogP contribution in [0, 0.1) is 0 Å². The molecule has 1 N–H and O–H groups in total. The molecule has 45 heavy (non-hydrogen) atoms. The van der Waals surface area contributed by atoms with Crippen molar-refractivity contribution < 1.29 is 20.4 Å². The first kappa shape index (κ1) is 32.6. The van der Waals surface area contributed by atoms with Crippen LogP contribution in [0.1, 0.15) is 61.2 Å². The van der Waals surface area contributed by atoms with E-state index in [2.05, 4.69) is 61.2 Å². The Labute approximate surface area is 272 Å². The van der Waals surface area contributed by atoms with Gasteiger partial charge in [0.25, 0.3) is 0 Å². The standard InChI is InChI=1S/C36H46N4O4S.H2/c1-7-18-39(10-4)28-22-26(8-2)40(27(9-3)23-28)36(41)44-34-29(42-5)20-25(21-30(34)43-6)35-37-32(24-15-12-11-13-16-24)33(38-35)31-17-14-19-45-31;/h11-17,19-21,26-28H,7-10,18,22-23H2,1-6H3,(H,37,38);1H. The quantitative estimate of drug-likeness (QED) is 0.168. The molecule has 1 fully saturated rings. The van der Waals surface area contributed by atoms with E-state index in [1.165, 1.54) is 0 Å². The van der Waals surface area contributed by atoms with E-state index in [4.69, 9.17) is 19.2 Å². The molecule has 5 rings (SSSR count). The lowest BCUT2D eigenvalue weighted by molar-refractivity contribution is 0.0273. The number of aromatic amines is 1. The number of rotatable bonds is 12. The van der Waals surface area contributed by atoms with Crippen LogP contribution in [0.3, 0.4) is 0 Å². The van der Waals surface area contributed by atoms with Crippen LogP contribution in [0.2, 0.25) is 0 Å². The average Bonchev–Trinajstić information content (AvgIpc) is 3.78. The summed E-state index contributed by atoms with van der Waals surface area (Å²) in [7, 11) is 3.15. The number of likely N-dealkylation sites (tertiary alicyclic amines) is 1. The fourth-order valence-corrected chi connectivity index (χ4v) is 7.36. The van der Waals surface area contributed by atoms with Crippen LogP contribution in [-0.4, -0.2) is 71.3 Å². The van der Waals surface area contributed by atoms with Gasteiger partial charge in [0.05, 0.1) is 30.5 Å². The van der Waals surface area contributed by atoms with E-state index in [-0.39, 0.29) is 25.4 Å². The summed E-state index contributed by atoms with van der Waals surface area (Å²) in [6, 6.07) is 18.6. The number of benzene rings is 2. The Morgan fingerprint density at radius 1 is 0.978 bits per heavy atom. The van der Waals surface area contributed by atoms with Crippen LogP contribution in [0.4, 0.5) is 4.79 Å². The van der Waals surface area contributed by atoms with Gasteiger partial charge in [0, 0.05) is 30.7 Å². The third-order valence-corrected chi connectivity index (χ3v) is 9.79. The van der Waals surface area contributed by atoms with Crippen LogP contribution >= 0.6 is 11.3 Å². The molecule has 2 aromatic carbocycles. The summed E-state index contributed by atoms with van der Waals surface area (Å²) in [4.78, 5) is 28.2. The number of methoxy groups -OCH3 is 2. The Bertz CT molecular complexity index is 1510. The molecule has 3 heterocycles.